The number of benzene rings is 1. The fourth-order valence-corrected chi connectivity index (χ4v) is 3.88. The number of fused-ring (bicyclic) bond motifs is 1. The van der Waals surface area contributed by atoms with E-state index in [-0.39, 0.29) is 0 Å². The normalized spacial score (nSPS) is 16.0. The molecule has 0 saturated carbocycles. The van der Waals surface area contributed by atoms with Crippen molar-refractivity contribution in [3.8, 4) is 0 Å². The minimum Gasteiger partial charge on any atom is -0.384 e. The van der Waals surface area contributed by atoms with Crippen LogP contribution >= 0.6 is 11.8 Å². The average molecular weight is 321 g/mol. The molecule has 1 unspecified atom stereocenters. The number of hydrogen-bond donors (Lipinski definition) is 2. The minimum atomic E-state index is 0.661. The maximum absolute atomic E-state index is 3.78. The van der Waals surface area contributed by atoms with Crippen LogP contribution in [0.5, 0.6) is 0 Å². The van der Waals surface area contributed by atoms with E-state index < -0.39 is 0 Å². The average Bonchev–Trinajstić information content (AvgIpc) is 2.74. The van der Waals surface area contributed by atoms with Crippen LogP contribution in [0.3, 0.4) is 0 Å². The van der Waals surface area contributed by atoms with Gasteiger partial charge in [0.2, 0.25) is 0 Å². The van der Waals surface area contributed by atoms with Crippen molar-refractivity contribution in [1.82, 2.24) is 5.32 Å². The Hall–Kier alpha value is -0.670. The van der Waals surface area contributed by atoms with Crippen LogP contribution in [0.15, 0.2) is 23.1 Å². The van der Waals surface area contributed by atoms with Gasteiger partial charge in [-0.3, -0.25) is 0 Å². The van der Waals surface area contributed by atoms with E-state index in [9.17, 15) is 0 Å². The van der Waals surface area contributed by atoms with Crippen LogP contribution in [-0.2, 0) is 6.54 Å². The Morgan fingerprint density at radius 2 is 2.09 bits per heavy atom. The highest BCUT2D eigenvalue weighted by Crippen LogP contribution is 2.31. The minimum absolute atomic E-state index is 0.661. The first kappa shape index (κ1) is 17.7. The Labute approximate surface area is 140 Å². The van der Waals surface area contributed by atoms with Gasteiger partial charge in [-0.25, -0.2) is 0 Å². The molecule has 1 aliphatic heterocycles. The first-order valence-electron chi connectivity index (χ1n) is 8.92. The molecule has 0 bridgehead atoms. The summed E-state index contributed by atoms with van der Waals surface area (Å²) in [5.74, 6) is 2.03. The maximum Gasteiger partial charge on any atom is 0.0481 e. The highest BCUT2D eigenvalue weighted by Gasteiger charge is 2.11. The third kappa shape index (κ3) is 5.85. The second-order valence-electron chi connectivity index (χ2n) is 6.80. The highest BCUT2D eigenvalue weighted by atomic mass is 32.2. The molecule has 0 aliphatic carbocycles. The molecule has 0 amide bonds. The van der Waals surface area contributed by atoms with Gasteiger partial charge >= 0.3 is 0 Å². The molecule has 22 heavy (non-hydrogen) atoms. The molecular formula is C19H32N2S. The van der Waals surface area contributed by atoms with E-state index in [1.165, 1.54) is 54.0 Å². The van der Waals surface area contributed by atoms with Gasteiger partial charge in [-0.1, -0.05) is 33.3 Å². The summed E-state index contributed by atoms with van der Waals surface area (Å²) >= 11 is 1.98. The van der Waals surface area contributed by atoms with Crippen molar-refractivity contribution in [2.45, 2.75) is 70.4 Å². The zero-order valence-electron chi connectivity index (χ0n) is 14.5. The van der Waals surface area contributed by atoms with Gasteiger partial charge in [0.15, 0.2) is 0 Å². The Balaban J connectivity index is 1.90. The number of thioether (sulfide) groups is 1. The van der Waals surface area contributed by atoms with Gasteiger partial charge in [0.1, 0.15) is 0 Å². The predicted molar refractivity (Wildman–Crippen MR) is 99.9 cm³/mol. The van der Waals surface area contributed by atoms with Crippen molar-refractivity contribution < 1.29 is 0 Å². The van der Waals surface area contributed by atoms with Crippen molar-refractivity contribution in [3.63, 3.8) is 0 Å². The molecule has 124 valence electrons. The number of nitrogens with one attached hydrogen (secondary N) is 2. The zero-order chi connectivity index (χ0) is 15.8. The quantitative estimate of drug-likeness (QED) is 0.680. The molecule has 0 saturated heterocycles. The smallest absolute Gasteiger partial charge is 0.0481 e. The lowest BCUT2D eigenvalue weighted by molar-refractivity contribution is 0.406. The number of hydrogen-bond acceptors (Lipinski definition) is 3. The molecule has 1 atom stereocenters. The predicted octanol–water partition coefficient (Wildman–Crippen LogP) is 5.29. The summed E-state index contributed by atoms with van der Waals surface area (Å²) in [5, 5.41) is 7.35. The molecule has 2 N–H and O–H groups in total. The van der Waals surface area contributed by atoms with Crippen molar-refractivity contribution >= 4 is 17.4 Å². The summed E-state index contributed by atoms with van der Waals surface area (Å²) in [6.45, 7) is 9.01. The molecule has 1 aliphatic rings. The molecule has 0 spiro atoms. The second-order valence-corrected chi connectivity index (χ2v) is 7.93. The molecule has 1 aromatic rings. The van der Waals surface area contributed by atoms with Crippen molar-refractivity contribution in [3.05, 3.63) is 23.8 Å². The van der Waals surface area contributed by atoms with Crippen LogP contribution in [0.4, 0.5) is 5.69 Å². The van der Waals surface area contributed by atoms with Crippen LogP contribution in [0.2, 0.25) is 0 Å². The number of anilines is 1. The monoisotopic (exact) mass is 320 g/mol. The Bertz CT molecular complexity index is 445. The van der Waals surface area contributed by atoms with Crippen molar-refractivity contribution in [1.29, 1.82) is 0 Å². The molecule has 0 fully saturated rings. The van der Waals surface area contributed by atoms with E-state index in [4.69, 9.17) is 0 Å². The molecule has 0 aromatic heterocycles. The van der Waals surface area contributed by atoms with E-state index in [2.05, 4.69) is 49.6 Å². The van der Waals surface area contributed by atoms with E-state index in [1.807, 2.05) is 11.8 Å². The highest BCUT2D eigenvalue weighted by molar-refractivity contribution is 7.99. The molecule has 3 heteroatoms. The number of rotatable bonds is 8. The Morgan fingerprint density at radius 1 is 1.23 bits per heavy atom. The molecule has 0 radical (unpaired) electrons. The molecule has 1 heterocycles. The van der Waals surface area contributed by atoms with Crippen molar-refractivity contribution in [2.75, 3.05) is 17.6 Å². The van der Waals surface area contributed by atoms with E-state index >= 15 is 0 Å². The second kappa shape index (κ2) is 9.46. The van der Waals surface area contributed by atoms with Crippen LogP contribution < -0.4 is 10.6 Å². The lowest BCUT2D eigenvalue weighted by atomic mass is 10.00. The maximum atomic E-state index is 3.78. The fourth-order valence-electron chi connectivity index (χ4n) is 2.92. The van der Waals surface area contributed by atoms with Crippen LogP contribution in [0.25, 0.3) is 0 Å². The van der Waals surface area contributed by atoms with Crippen LogP contribution in [0.1, 0.15) is 58.4 Å². The van der Waals surface area contributed by atoms with Gasteiger partial charge in [-0.15, -0.1) is 11.8 Å². The van der Waals surface area contributed by atoms with Gasteiger partial charge in [0.05, 0.1) is 0 Å². The van der Waals surface area contributed by atoms with Gasteiger partial charge in [-0.2, -0.15) is 0 Å². The summed E-state index contributed by atoms with van der Waals surface area (Å²) in [6, 6.07) is 7.58. The third-order valence-corrected chi connectivity index (χ3v) is 5.42. The van der Waals surface area contributed by atoms with E-state index in [0.717, 1.165) is 19.0 Å². The van der Waals surface area contributed by atoms with Gasteiger partial charge in [0, 0.05) is 29.7 Å². The largest absolute Gasteiger partial charge is 0.384 e. The Kier molecular flexibility index (Phi) is 7.61. The summed E-state index contributed by atoms with van der Waals surface area (Å²) < 4.78 is 0. The SMILES string of the molecule is CCCC(CCC(C)C)NCc1ccc2c(c1)NCCCS2. The lowest BCUT2D eigenvalue weighted by Crippen LogP contribution is -2.28. The Morgan fingerprint density at radius 3 is 2.86 bits per heavy atom. The summed E-state index contributed by atoms with van der Waals surface area (Å²) in [5.41, 5.74) is 2.73. The third-order valence-electron chi connectivity index (χ3n) is 4.26. The lowest BCUT2D eigenvalue weighted by Gasteiger charge is -2.20. The van der Waals surface area contributed by atoms with E-state index in [1.54, 1.807) is 0 Å². The summed E-state index contributed by atoms with van der Waals surface area (Å²) in [7, 11) is 0. The van der Waals surface area contributed by atoms with Gasteiger partial charge < -0.3 is 10.6 Å². The molecule has 1 aromatic carbocycles. The fraction of sp³-hybridized carbons (Fsp3) is 0.684. The summed E-state index contributed by atoms with van der Waals surface area (Å²) in [4.78, 5) is 1.41. The van der Waals surface area contributed by atoms with Gasteiger partial charge in [-0.05, 0) is 55.1 Å². The van der Waals surface area contributed by atoms with Crippen molar-refractivity contribution in [2.24, 2.45) is 5.92 Å². The van der Waals surface area contributed by atoms with Crippen LogP contribution in [-0.4, -0.2) is 18.3 Å². The topological polar surface area (TPSA) is 24.1 Å². The molecular weight excluding hydrogens is 288 g/mol. The van der Waals surface area contributed by atoms with Crippen LogP contribution in [0, 0.1) is 5.92 Å². The standard InChI is InChI=1S/C19H32N2S/c1-4-6-17(9-7-15(2)3)21-14-16-8-10-19-18(13-16)20-11-5-12-22-19/h8,10,13,15,17,20-21H,4-7,9,11-12,14H2,1-3H3. The molecule has 2 rings (SSSR count). The summed E-state index contributed by atoms with van der Waals surface area (Å²) in [6.07, 6.45) is 6.41. The van der Waals surface area contributed by atoms with Gasteiger partial charge in [0.25, 0.3) is 0 Å². The zero-order valence-corrected chi connectivity index (χ0v) is 15.3. The van der Waals surface area contributed by atoms with E-state index in [0.29, 0.717) is 6.04 Å². The first-order valence-corrected chi connectivity index (χ1v) is 9.90. The first-order chi connectivity index (χ1) is 10.7. The molecule has 2 nitrogen and oxygen atoms in total.